The number of hydrogen-bond donors (Lipinski definition) is 1. The summed E-state index contributed by atoms with van der Waals surface area (Å²) in [6.45, 7) is 0. The number of nitrogens with two attached hydrogens (primary N) is 1. The fourth-order valence-electron chi connectivity index (χ4n) is 1.74. The molecule has 1 atom stereocenters. The van der Waals surface area contributed by atoms with Crippen LogP contribution >= 0.6 is 0 Å². The van der Waals surface area contributed by atoms with Crippen LogP contribution in [0, 0.1) is 5.82 Å². The molecule has 2 aromatic rings. The van der Waals surface area contributed by atoms with Crippen LogP contribution in [0.15, 0.2) is 48.5 Å². The molecule has 3 heteroatoms. The molecule has 0 saturated heterocycles. The van der Waals surface area contributed by atoms with Gasteiger partial charge in [-0.2, -0.15) is 0 Å². The molecule has 2 rings (SSSR count). The third kappa shape index (κ3) is 2.45. The molecule has 2 aromatic carbocycles. The molecule has 0 saturated carbocycles. The summed E-state index contributed by atoms with van der Waals surface area (Å²) in [5, 5.41) is 0. The number of halogens is 1. The van der Waals surface area contributed by atoms with Crippen LogP contribution in [0.1, 0.15) is 17.2 Å². The second-order valence-corrected chi connectivity index (χ2v) is 3.78. The summed E-state index contributed by atoms with van der Waals surface area (Å²) < 4.78 is 18.7. The Balaban J connectivity index is 2.37. The molecule has 2 N–H and O–H groups in total. The molecule has 0 bridgehead atoms. The lowest BCUT2D eigenvalue weighted by atomic mass is 9.99. The molecule has 0 aliphatic carbocycles. The lowest BCUT2D eigenvalue weighted by molar-refractivity contribution is 0.414. The Morgan fingerprint density at radius 2 is 1.88 bits per heavy atom. The molecule has 17 heavy (non-hydrogen) atoms. The van der Waals surface area contributed by atoms with Gasteiger partial charge in [0.05, 0.1) is 13.2 Å². The zero-order chi connectivity index (χ0) is 12.3. The summed E-state index contributed by atoms with van der Waals surface area (Å²) >= 11 is 0. The smallest absolute Gasteiger partial charge is 0.128 e. The third-order valence-corrected chi connectivity index (χ3v) is 2.69. The summed E-state index contributed by atoms with van der Waals surface area (Å²) in [7, 11) is 1.59. The van der Waals surface area contributed by atoms with E-state index < -0.39 is 6.04 Å². The second kappa shape index (κ2) is 4.97. The molecule has 88 valence electrons. The van der Waals surface area contributed by atoms with Crippen LogP contribution in [0.2, 0.25) is 0 Å². The van der Waals surface area contributed by atoms with Crippen molar-refractivity contribution < 1.29 is 9.13 Å². The first-order valence-electron chi connectivity index (χ1n) is 5.36. The standard InChI is InChI=1S/C14H14FNO/c1-17-11-6-4-5-10(9-11)14(16)12-7-2-3-8-13(12)15/h2-9,14H,16H2,1H3. The van der Waals surface area contributed by atoms with Crippen LogP contribution in [-0.4, -0.2) is 7.11 Å². The molecular formula is C14H14FNO. The minimum Gasteiger partial charge on any atom is -0.497 e. The van der Waals surface area contributed by atoms with E-state index in [-0.39, 0.29) is 5.82 Å². The third-order valence-electron chi connectivity index (χ3n) is 2.69. The topological polar surface area (TPSA) is 35.2 Å². The van der Waals surface area contributed by atoms with E-state index in [1.807, 2.05) is 24.3 Å². The number of methoxy groups -OCH3 is 1. The van der Waals surface area contributed by atoms with Gasteiger partial charge in [-0.15, -0.1) is 0 Å². The fourth-order valence-corrected chi connectivity index (χ4v) is 1.74. The predicted octanol–water partition coefficient (Wildman–Crippen LogP) is 2.88. The number of hydrogen-bond acceptors (Lipinski definition) is 2. The Morgan fingerprint density at radius 1 is 1.12 bits per heavy atom. The van der Waals surface area contributed by atoms with Crippen LogP contribution in [0.5, 0.6) is 5.75 Å². The van der Waals surface area contributed by atoms with Gasteiger partial charge in [-0.05, 0) is 23.8 Å². The van der Waals surface area contributed by atoms with Gasteiger partial charge in [0.25, 0.3) is 0 Å². The van der Waals surface area contributed by atoms with Gasteiger partial charge >= 0.3 is 0 Å². The van der Waals surface area contributed by atoms with Crippen molar-refractivity contribution in [2.24, 2.45) is 5.73 Å². The highest BCUT2D eigenvalue weighted by atomic mass is 19.1. The molecule has 0 aliphatic heterocycles. The van der Waals surface area contributed by atoms with E-state index in [2.05, 4.69) is 0 Å². The molecule has 0 fully saturated rings. The van der Waals surface area contributed by atoms with Crippen LogP contribution in [0.25, 0.3) is 0 Å². The Labute approximate surface area is 99.8 Å². The molecular weight excluding hydrogens is 217 g/mol. The molecule has 2 nitrogen and oxygen atoms in total. The Hall–Kier alpha value is -1.87. The van der Waals surface area contributed by atoms with Crippen molar-refractivity contribution in [3.63, 3.8) is 0 Å². The summed E-state index contributed by atoms with van der Waals surface area (Å²) in [6, 6.07) is 13.4. The van der Waals surface area contributed by atoms with Crippen LogP contribution in [-0.2, 0) is 0 Å². The van der Waals surface area contributed by atoms with Gasteiger partial charge in [-0.25, -0.2) is 4.39 Å². The first-order chi connectivity index (χ1) is 8.22. The highest BCUT2D eigenvalue weighted by Crippen LogP contribution is 2.24. The van der Waals surface area contributed by atoms with Crippen molar-refractivity contribution in [3.05, 3.63) is 65.5 Å². The van der Waals surface area contributed by atoms with Crippen LogP contribution in [0.3, 0.4) is 0 Å². The SMILES string of the molecule is COc1cccc(C(N)c2ccccc2F)c1. The second-order valence-electron chi connectivity index (χ2n) is 3.78. The van der Waals surface area contributed by atoms with E-state index in [9.17, 15) is 4.39 Å². The molecule has 0 aromatic heterocycles. The number of benzene rings is 2. The molecule has 1 unspecified atom stereocenters. The summed E-state index contributed by atoms with van der Waals surface area (Å²) in [6.07, 6.45) is 0. The van der Waals surface area contributed by atoms with Gasteiger partial charge in [-0.1, -0.05) is 30.3 Å². The minimum atomic E-state index is -0.480. The van der Waals surface area contributed by atoms with Gasteiger partial charge in [-0.3, -0.25) is 0 Å². The van der Waals surface area contributed by atoms with Crippen molar-refractivity contribution in [3.8, 4) is 5.75 Å². The Kier molecular flexibility index (Phi) is 3.40. The monoisotopic (exact) mass is 231 g/mol. The van der Waals surface area contributed by atoms with Gasteiger partial charge in [0.1, 0.15) is 11.6 Å². The zero-order valence-corrected chi connectivity index (χ0v) is 9.56. The van der Waals surface area contributed by atoms with E-state index in [1.165, 1.54) is 6.07 Å². The van der Waals surface area contributed by atoms with Crippen molar-refractivity contribution in [2.75, 3.05) is 7.11 Å². The maximum absolute atomic E-state index is 13.6. The first kappa shape index (κ1) is 11.6. The normalized spacial score (nSPS) is 12.2. The van der Waals surface area contributed by atoms with E-state index in [4.69, 9.17) is 10.5 Å². The van der Waals surface area contributed by atoms with Crippen LogP contribution < -0.4 is 10.5 Å². The first-order valence-corrected chi connectivity index (χ1v) is 5.36. The quantitative estimate of drug-likeness (QED) is 0.881. The zero-order valence-electron chi connectivity index (χ0n) is 9.56. The number of ether oxygens (including phenoxy) is 1. The van der Waals surface area contributed by atoms with E-state index in [1.54, 1.807) is 25.3 Å². The summed E-state index contributed by atoms with van der Waals surface area (Å²) in [5.74, 6) is 0.428. The lowest BCUT2D eigenvalue weighted by Gasteiger charge is -2.14. The highest BCUT2D eigenvalue weighted by molar-refractivity contribution is 5.36. The lowest BCUT2D eigenvalue weighted by Crippen LogP contribution is -2.13. The predicted molar refractivity (Wildman–Crippen MR) is 65.4 cm³/mol. The minimum absolute atomic E-state index is 0.289. The van der Waals surface area contributed by atoms with Crippen molar-refractivity contribution >= 4 is 0 Å². The Bertz CT molecular complexity index is 513. The average Bonchev–Trinajstić information content (AvgIpc) is 2.38. The fraction of sp³-hybridized carbons (Fsp3) is 0.143. The van der Waals surface area contributed by atoms with Crippen molar-refractivity contribution in [1.29, 1.82) is 0 Å². The number of rotatable bonds is 3. The van der Waals surface area contributed by atoms with Crippen molar-refractivity contribution in [1.82, 2.24) is 0 Å². The van der Waals surface area contributed by atoms with Crippen LogP contribution in [0.4, 0.5) is 4.39 Å². The Morgan fingerprint density at radius 3 is 2.59 bits per heavy atom. The van der Waals surface area contributed by atoms with Gasteiger partial charge in [0, 0.05) is 5.56 Å². The summed E-state index contributed by atoms with van der Waals surface area (Å²) in [4.78, 5) is 0. The van der Waals surface area contributed by atoms with Gasteiger partial charge in [0.2, 0.25) is 0 Å². The molecule has 0 radical (unpaired) electrons. The van der Waals surface area contributed by atoms with E-state index >= 15 is 0 Å². The largest absolute Gasteiger partial charge is 0.497 e. The molecule has 0 amide bonds. The molecule has 0 spiro atoms. The molecule has 0 aliphatic rings. The van der Waals surface area contributed by atoms with E-state index in [0.717, 1.165) is 5.56 Å². The molecule has 0 heterocycles. The van der Waals surface area contributed by atoms with Crippen molar-refractivity contribution in [2.45, 2.75) is 6.04 Å². The maximum atomic E-state index is 13.6. The highest BCUT2D eigenvalue weighted by Gasteiger charge is 2.13. The maximum Gasteiger partial charge on any atom is 0.128 e. The van der Waals surface area contributed by atoms with Gasteiger partial charge in [0.15, 0.2) is 0 Å². The summed E-state index contributed by atoms with van der Waals surface area (Å²) in [5.41, 5.74) is 7.36. The van der Waals surface area contributed by atoms with E-state index in [0.29, 0.717) is 11.3 Å². The van der Waals surface area contributed by atoms with Gasteiger partial charge < -0.3 is 10.5 Å². The average molecular weight is 231 g/mol.